The van der Waals surface area contributed by atoms with E-state index in [-0.39, 0.29) is 11.7 Å². The molecular formula is C21H19BrClFN2O. The van der Waals surface area contributed by atoms with Crippen LogP contribution in [0, 0.1) is 5.82 Å². The molecule has 3 nitrogen and oxygen atoms in total. The minimum atomic E-state index is -0.377. The van der Waals surface area contributed by atoms with Crippen molar-refractivity contribution >= 4 is 33.2 Å². The third-order valence-electron chi connectivity index (χ3n) is 4.51. The van der Waals surface area contributed by atoms with Gasteiger partial charge in [-0.2, -0.15) is 0 Å². The molecular weight excluding hydrogens is 431 g/mol. The molecule has 0 saturated carbocycles. The van der Waals surface area contributed by atoms with Crippen molar-refractivity contribution in [1.29, 1.82) is 0 Å². The second kappa shape index (κ2) is 8.72. The highest BCUT2D eigenvalue weighted by atomic mass is 79.9. The largest absolute Gasteiger partial charge is 0.411 e. The summed E-state index contributed by atoms with van der Waals surface area (Å²) in [5.74, 6) is -0.694. The molecule has 1 heterocycles. The van der Waals surface area contributed by atoms with Gasteiger partial charge >= 0.3 is 0 Å². The van der Waals surface area contributed by atoms with E-state index in [0.29, 0.717) is 22.7 Å². The lowest BCUT2D eigenvalue weighted by molar-refractivity contribution is 0.317. The normalized spacial score (nSPS) is 15.6. The van der Waals surface area contributed by atoms with Gasteiger partial charge in [-0.1, -0.05) is 63.0 Å². The molecule has 2 aromatic carbocycles. The van der Waals surface area contributed by atoms with E-state index in [1.165, 1.54) is 6.07 Å². The standard InChI is InChI=1S/C21H19BrClFN2O/c1-26-10-2-3-15(13-26)21(25-27)12-19(14-4-6-16(22)7-5-14)18-9-8-17(23)11-20(18)24/h2-9,11,13,19,27H,10,12H2,1H3/b25-21+. The first-order valence-corrected chi connectivity index (χ1v) is 9.65. The minimum absolute atomic E-state index is 0.317. The number of halogens is 3. The Balaban J connectivity index is 2.01. The Morgan fingerprint density at radius 2 is 2.04 bits per heavy atom. The van der Waals surface area contributed by atoms with Crippen molar-refractivity contribution in [1.82, 2.24) is 4.90 Å². The Morgan fingerprint density at radius 3 is 2.67 bits per heavy atom. The fourth-order valence-corrected chi connectivity index (χ4v) is 3.57. The number of hydrogen-bond acceptors (Lipinski definition) is 3. The highest BCUT2D eigenvalue weighted by Gasteiger charge is 2.23. The zero-order valence-corrected chi connectivity index (χ0v) is 17.1. The zero-order valence-electron chi connectivity index (χ0n) is 14.7. The van der Waals surface area contributed by atoms with Gasteiger partial charge in [0.25, 0.3) is 0 Å². The molecule has 0 radical (unpaired) electrons. The molecule has 0 saturated heterocycles. The van der Waals surface area contributed by atoms with Gasteiger partial charge in [-0.3, -0.25) is 0 Å². The fourth-order valence-electron chi connectivity index (χ4n) is 3.15. The second-order valence-electron chi connectivity index (χ2n) is 6.45. The Hall–Kier alpha value is -2.11. The molecule has 1 aliphatic heterocycles. The van der Waals surface area contributed by atoms with E-state index in [9.17, 15) is 9.60 Å². The van der Waals surface area contributed by atoms with Crippen LogP contribution in [-0.2, 0) is 0 Å². The van der Waals surface area contributed by atoms with Crippen molar-refractivity contribution < 1.29 is 9.60 Å². The van der Waals surface area contributed by atoms with Gasteiger partial charge in [0.05, 0.1) is 5.71 Å². The molecule has 0 fully saturated rings. The van der Waals surface area contributed by atoms with Crippen LogP contribution in [0.1, 0.15) is 23.5 Å². The van der Waals surface area contributed by atoms with E-state index in [4.69, 9.17) is 11.6 Å². The first-order chi connectivity index (χ1) is 13.0. The predicted molar refractivity (Wildman–Crippen MR) is 111 cm³/mol. The van der Waals surface area contributed by atoms with Gasteiger partial charge in [0.1, 0.15) is 5.82 Å². The van der Waals surface area contributed by atoms with Gasteiger partial charge in [0.2, 0.25) is 0 Å². The van der Waals surface area contributed by atoms with Crippen LogP contribution in [0.2, 0.25) is 5.02 Å². The molecule has 2 aromatic rings. The van der Waals surface area contributed by atoms with E-state index in [1.807, 2.05) is 54.6 Å². The van der Waals surface area contributed by atoms with Crippen LogP contribution >= 0.6 is 27.5 Å². The van der Waals surface area contributed by atoms with Gasteiger partial charge in [0.15, 0.2) is 0 Å². The minimum Gasteiger partial charge on any atom is -0.411 e. The molecule has 1 unspecified atom stereocenters. The maximum Gasteiger partial charge on any atom is 0.128 e. The summed E-state index contributed by atoms with van der Waals surface area (Å²) in [6.45, 7) is 0.796. The summed E-state index contributed by atoms with van der Waals surface area (Å²) in [5.41, 5.74) is 2.74. The lowest BCUT2D eigenvalue weighted by Gasteiger charge is -2.22. The first kappa shape index (κ1) is 19.6. The fraction of sp³-hybridized carbons (Fsp3) is 0.190. The molecule has 0 bridgehead atoms. The molecule has 6 heteroatoms. The quantitative estimate of drug-likeness (QED) is 0.346. The van der Waals surface area contributed by atoms with Gasteiger partial charge in [0, 0.05) is 47.2 Å². The highest BCUT2D eigenvalue weighted by Crippen LogP contribution is 2.33. The topological polar surface area (TPSA) is 35.8 Å². The molecule has 1 aliphatic rings. The number of oxime groups is 1. The van der Waals surface area contributed by atoms with E-state index < -0.39 is 0 Å². The molecule has 0 spiro atoms. The van der Waals surface area contributed by atoms with Gasteiger partial charge in [-0.15, -0.1) is 0 Å². The van der Waals surface area contributed by atoms with Crippen LogP contribution in [0.3, 0.4) is 0 Å². The molecule has 140 valence electrons. The van der Waals surface area contributed by atoms with Gasteiger partial charge < -0.3 is 10.1 Å². The van der Waals surface area contributed by atoms with Crippen molar-refractivity contribution in [3.05, 3.63) is 92.8 Å². The molecule has 0 aromatic heterocycles. The van der Waals surface area contributed by atoms with Crippen molar-refractivity contribution in [2.75, 3.05) is 13.6 Å². The summed E-state index contributed by atoms with van der Waals surface area (Å²) < 4.78 is 15.6. The summed E-state index contributed by atoms with van der Waals surface area (Å²) in [7, 11) is 1.95. The van der Waals surface area contributed by atoms with Gasteiger partial charge in [-0.25, -0.2) is 4.39 Å². The van der Waals surface area contributed by atoms with Crippen molar-refractivity contribution in [2.24, 2.45) is 5.16 Å². The number of likely N-dealkylation sites (N-methyl/N-ethyl adjacent to an activating group) is 1. The molecule has 1 N–H and O–H groups in total. The highest BCUT2D eigenvalue weighted by molar-refractivity contribution is 9.10. The zero-order chi connectivity index (χ0) is 19.4. The average Bonchev–Trinajstić information content (AvgIpc) is 2.64. The van der Waals surface area contributed by atoms with E-state index >= 15 is 0 Å². The maximum absolute atomic E-state index is 14.7. The number of nitrogens with zero attached hydrogens (tertiary/aromatic N) is 2. The Kier molecular flexibility index (Phi) is 6.34. The predicted octanol–water partition coefficient (Wildman–Crippen LogP) is 5.98. The third-order valence-corrected chi connectivity index (χ3v) is 5.28. The number of benzene rings is 2. The molecule has 1 atom stereocenters. The van der Waals surface area contributed by atoms with Crippen LogP contribution < -0.4 is 0 Å². The van der Waals surface area contributed by atoms with Crippen LogP contribution in [0.15, 0.2) is 76.0 Å². The first-order valence-electron chi connectivity index (χ1n) is 8.48. The average molecular weight is 450 g/mol. The second-order valence-corrected chi connectivity index (χ2v) is 7.80. The lowest BCUT2D eigenvalue weighted by Crippen LogP contribution is -2.19. The van der Waals surface area contributed by atoms with Crippen LogP contribution in [0.25, 0.3) is 0 Å². The van der Waals surface area contributed by atoms with E-state index in [0.717, 1.165) is 22.2 Å². The summed E-state index contributed by atoms with van der Waals surface area (Å²) in [6, 6.07) is 12.4. The van der Waals surface area contributed by atoms with E-state index in [2.05, 4.69) is 21.1 Å². The monoisotopic (exact) mass is 448 g/mol. The lowest BCUT2D eigenvalue weighted by atomic mass is 9.85. The molecule has 0 amide bonds. The Morgan fingerprint density at radius 1 is 1.30 bits per heavy atom. The maximum atomic E-state index is 14.7. The smallest absolute Gasteiger partial charge is 0.128 e. The summed E-state index contributed by atoms with van der Waals surface area (Å²) in [5, 5.41) is 13.5. The van der Waals surface area contributed by atoms with Crippen LogP contribution in [0.5, 0.6) is 0 Å². The summed E-state index contributed by atoms with van der Waals surface area (Å²) >= 11 is 9.36. The Labute approximate surface area is 171 Å². The van der Waals surface area contributed by atoms with Crippen LogP contribution in [0.4, 0.5) is 4.39 Å². The number of hydrogen-bond donors (Lipinski definition) is 1. The third kappa shape index (κ3) is 4.79. The van der Waals surface area contributed by atoms with Crippen molar-refractivity contribution in [2.45, 2.75) is 12.3 Å². The molecule has 27 heavy (non-hydrogen) atoms. The molecule has 3 rings (SSSR count). The summed E-state index contributed by atoms with van der Waals surface area (Å²) in [4.78, 5) is 2.00. The van der Waals surface area contributed by atoms with Crippen molar-refractivity contribution in [3.8, 4) is 0 Å². The summed E-state index contributed by atoms with van der Waals surface area (Å²) in [6.07, 6.45) is 6.19. The number of rotatable bonds is 5. The molecule has 0 aliphatic carbocycles. The van der Waals surface area contributed by atoms with Gasteiger partial charge in [-0.05, 0) is 35.4 Å². The number of allylic oxidation sites excluding steroid dienone is 2. The van der Waals surface area contributed by atoms with Crippen molar-refractivity contribution in [3.63, 3.8) is 0 Å². The van der Waals surface area contributed by atoms with Crippen LogP contribution in [-0.4, -0.2) is 29.4 Å². The SMILES string of the molecule is CN1C=C(/C(CC(c2ccc(Br)cc2)c2ccc(Cl)cc2F)=N/O)C=CC1. The Bertz CT molecular complexity index is 909. The van der Waals surface area contributed by atoms with E-state index in [1.54, 1.807) is 12.1 Å².